The number of nitrogens with zero attached hydrogens (tertiary/aromatic N) is 1. The highest BCUT2D eigenvalue weighted by Crippen LogP contribution is 2.16. The van der Waals surface area contributed by atoms with Gasteiger partial charge in [0.05, 0.1) is 19.8 Å². The van der Waals surface area contributed by atoms with E-state index >= 15 is 0 Å². The van der Waals surface area contributed by atoms with Crippen LogP contribution < -0.4 is 0 Å². The molecule has 5 heteroatoms. The monoisotopic (exact) mass is 327 g/mol. The fraction of sp³-hybridized carbons (Fsp3) is 0.316. The second kappa shape index (κ2) is 8.82. The molecule has 0 aliphatic carbocycles. The second-order valence-electron chi connectivity index (χ2n) is 5.40. The summed E-state index contributed by atoms with van der Waals surface area (Å²) >= 11 is 0. The zero-order valence-corrected chi connectivity index (χ0v) is 14.0. The third kappa shape index (κ3) is 4.65. The number of methoxy groups -OCH3 is 2. The molecule has 0 atom stereocenters. The maximum absolute atomic E-state index is 11.9. The second-order valence-corrected chi connectivity index (χ2v) is 5.40. The Morgan fingerprint density at radius 2 is 1.62 bits per heavy atom. The number of benzene rings is 1. The lowest BCUT2D eigenvalue weighted by atomic mass is 10.0. The number of ether oxygens (including phenoxy) is 2. The van der Waals surface area contributed by atoms with Crippen molar-refractivity contribution < 1.29 is 19.1 Å². The summed E-state index contributed by atoms with van der Waals surface area (Å²) in [6.45, 7) is 0. The van der Waals surface area contributed by atoms with Crippen molar-refractivity contribution in [1.82, 2.24) is 4.98 Å². The van der Waals surface area contributed by atoms with Gasteiger partial charge in [0, 0.05) is 6.20 Å². The lowest BCUT2D eigenvalue weighted by molar-refractivity contribution is 0.0593. The van der Waals surface area contributed by atoms with E-state index in [9.17, 15) is 9.59 Å². The minimum atomic E-state index is -0.573. The quantitative estimate of drug-likeness (QED) is 0.577. The summed E-state index contributed by atoms with van der Waals surface area (Å²) in [4.78, 5) is 27.6. The highest BCUT2D eigenvalue weighted by Gasteiger charge is 2.17. The first-order valence-corrected chi connectivity index (χ1v) is 7.85. The van der Waals surface area contributed by atoms with E-state index in [1.54, 1.807) is 6.20 Å². The number of hydrogen-bond acceptors (Lipinski definition) is 5. The third-order valence-corrected chi connectivity index (χ3v) is 3.79. The molecule has 0 radical (unpaired) electrons. The molecule has 126 valence electrons. The summed E-state index contributed by atoms with van der Waals surface area (Å²) in [6.07, 6.45) is 5.16. The summed E-state index contributed by atoms with van der Waals surface area (Å²) in [5.74, 6) is -1.05. The lowest BCUT2D eigenvalue weighted by Gasteiger charge is -2.09. The zero-order chi connectivity index (χ0) is 17.4. The van der Waals surface area contributed by atoms with Crippen LogP contribution in [0.5, 0.6) is 0 Å². The van der Waals surface area contributed by atoms with Gasteiger partial charge in [-0.25, -0.2) is 14.6 Å². The molecule has 0 saturated carbocycles. The normalized spacial score (nSPS) is 10.2. The summed E-state index contributed by atoms with van der Waals surface area (Å²) in [7, 11) is 2.60. The van der Waals surface area contributed by atoms with Crippen LogP contribution in [0.3, 0.4) is 0 Å². The average Bonchev–Trinajstić information content (AvgIpc) is 2.64. The van der Waals surface area contributed by atoms with Gasteiger partial charge in [-0.2, -0.15) is 0 Å². The van der Waals surface area contributed by atoms with Crippen molar-refractivity contribution in [2.75, 3.05) is 14.2 Å². The first kappa shape index (κ1) is 17.7. The van der Waals surface area contributed by atoms with Crippen molar-refractivity contribution in [3.63, 3.8) is 0 Å². The molecule has 0 spiro atoms. The maximum atomic E-state index is 11.9. The molecule has 0 bridgehead atoms. The van der Waals surface area contributed by atoms with Gasteiger partial charge in [-0.15, -0.1) is 0 Å². The molecule has 0 fully saturated rings. The van der Waals surface area contributed by atoms with Gasteiger partial charge in [-0.3, -0.25) is 0 Å². The first-order valence-electron chi connectivity index (χ1n) is 7.85. The number of aryl methyl sites for hydroxylation is 2. The van der Waals surface area contributed by atoms with Crippen molar-refractivity contribution in [2.45, 2.75) is 25.7 Å². The molecule has 5 nitrogen and oxygen atoms in total. The van der Waals surface area contributed by atoms with Gasteiger partial charge in [0.25, 0.3) is 0 Å². The molecule has 0 aliphatic rings. The van der Waals surface area contributed by atoms with E-state index in [2.05, 4.69) is 21.9 Å². The number of pyridine rings is 1. The molecule has 1 aromatic heterocycles. The van der Waals surface area contributed by atoms with Gasteiger partial charge < -0.3 is 9.47 Å². The number of esters is 2. The van der Waals surface area contributed by atoms with Crippen LogP contribution in [-0.2, 0) is 22.3 Å². The van der Waals surface area contributed by atoms with Crippen LogP contribution >= 0.6 is 0 Å². The molecule has 24 heavy (non-hydrogen) atoms. The van der Waals surface area contributed by atoms with Crippen molar-refractivity contribution in [3.05, 3.63) is 65.0 Å². The Morgan fingerprint density at radius 1 is 0.958 bits per heavy atom. The Kier molecular flexibility index (Phi) is 6.49. The molecule has 1 aromatic carbocycles. The summed E-state index contributed by atoms with van der Waals surface area (Å²) in [5.41, 5.74) is 2.55. The summed E-state index contributed by atoms with van der Waals surface area (Å²) in [6, 6.07) is 11.7. The van der Waals surface area contributed by atoms with E-state index < -0.39 is 11.9 Å². The zero-order valence-electron chi connectivity index (χ0n) is 14.0. The van der Waals surface area contributed by atoms with Gasteiger partial charge in [-0.05, 0) is 42.9 Å². The van der Waals surface area contributed by atoms with Crippen molar-refractivity contribution >= 4 is 11.9 Å². The van der Waals surface area contributed by atoms with Crippen molar-refractivity contribution in [2.24, 2.45) is 0 Å². The Balaban J connectivity index is 2.03. The van der Waals surface area contributed by atoms with Gasteiger partial charge in [0.2, 0.25) is 0 Å². The Labute approximate surface area is 141 Å². The maximum Gasteiger partial charge on any atom is 0.356 e. The van der Waals surface area contributed by atoms with Gasteiger partial charge in [-0.1, -0.05) is 30.3 Å². The third-order valence-electron chi connectivity index (χ3n) is 3.79. The van der Waals surface area contributed by atoms with Gasteiger partial charge in [0.1, 0.15) is 5.69 Å². The highest BCUT2D eigenvalue weighted by molar-refractivity contribution is 5.95. The molecule has 0 unspecified atom stereocenters. The minimum absolute atomic E-state index is 0.103. The lowest BCUT2D eigenvalue weighted by Crippen LogP contribution is -2.11. The molecule has 0 aliphatic heterocycles. The summed E-state index contributed by atoms with van der Waals surface area (Å²) < 4.78 is 9.44. The number of carbonyl (C=O) groups is 2. The number of unbranched alkanes of at least 4 members (excludes halogenated alkanes) is 1. The van der Waals surface area contributed by atoms with Crippen LogP contribution in [0.25, 0.3) is 0 Å². The molecule has 0 amide bonds. The number of carbonyl (C=O) groups excluding carboxylic acids is 2. The smallest absolute Gasteiger partial charge is 0.356 e. The van der Waals surface area contributed by atoms with E-state index in [-0.39, 0.29) is 5.69 Å². The highest BCUT2D eigenvalue weighted by atomic mass is 16.5. The van der Waals surface area contributed by atoms with Gasteiger partial charge >= 0.3 is 11.9 Å². The molecular weight excluding hydrogens is 306 g/mol. The van der Waals surface area contributed by atoms with E-state index in [1.165, 1.54) is 25.8 Å². The number of hydrogen-bond donors (Lipinski definition) is 0. The van der Waals surface area contributed by atoms with Crippen LogP contribution in [0.2, 0.25) is 0 Å². The molecular formula is C19H21NO4. The minimum Gasteiger partial charge on any atom is -0.465 e. The predicted molar refractivity (Wildman–Crippen MR) is 90.0 cm³/mol. The molecule has 2 rings (SSSR count). The molecule has 0 saturated heterocycles. The predicted octanol–water partition coefficient (Wildman–Crippen LogP) is 3.22. The van der Waals surface area contributed by atoms with Crippen LogP contribution in [0.1, 0.15) is 44.8 Å². The Morgan fingerprint density at radius 3 is 2.29 bits per heavy atom. The topological polar surface area (TPSA) is 65.5 Å². The van der Waals surface area contributed by atoms with Gasteiger partial charge in [0.15, 0.2) is 0 Å². The standard InChI is InChI=1S/C19H21NO4/c1-23-18(21)16-12-17(19(22)24-2)20-13-15(16)11-7-6-10-14-8-4-3-5-9-14/h3-5,8-9,12-13H,6-7,10-11H2,1-2H3. The van der Waals surface area contributed by atoms with E-state index in [0.717, 1.165) is 24.8 Å². The molecule has 2 aromatic rings. The van der Waals surface area contributed by atoms with Crippen LogP contribution in [0.15, 0.2) is 42.6 Å². The van der Waals surface area contributed by atoms with Crippen LogP contribution in [0, 0.1) is 0 Å². The largest absolute Gasteiger partial charge is 0.465 e. The average molecular weight is 327 g/mol. The molecule has 1 heterocycles. The summed E-state index contributed by atoms with van der Waals surface area (Å²) in [5, 5.41) is 0. The van der Waals surface area contributed by atoms with E-state index in [4.69, 9.17) is 4.74 Å². The van der Waals surface area contributed by atoms with E-state index in [0.29, 0.717) is 12.0 Å². The van der Waals surface area contributed by atoms with Crippen LogP contribution in [0.4, 0.5) is 0 Å². The Bertz CT molecular complexity index is 698. The fourth-order valence-electron chi connectivity index (χ4n) is 2.49. The van der Waals surface area contributed by atoms with Crippen LogP contribution in [-0.4, -0.2) is 31.1 Å². The Hall–Kier alpha value is -2.69. The SMILES string of the molecule is COC(=O)c1cc(C(=O)OC)c(CCCCc2ccccc2)cn1. The first-order chi connectivity index (χ1) is 11.7. The fourth-order valence-corrected chi connectivity index (χ4v) is 2.49. The van der Waals surface area contributed by atoms with Crippen molar-refractivity contribution in [3.8, 4) is 0 Å². The van der Waals surface area contributed by atoms with Crippen molar-refractivity contribution in [1.29, 1.82) is 0 Å². The van der Waals surface area contributed by atoms with E-state index in [1.807, 2.05) is 18.2 Å². The number of aromatic nitrogens is 1. The number of rotatable bonds is 7. The molecule has 0 N–H and O–H groups in total.